The number of nitrogens with one attached hydrogen (secondary N) is 1. The summed E-state index contributed by atoms with van der Waals surface area (Å²) in [5, 5.41) is 4.55. The summed E-state index contributed by atoms with van der Waals surface area (Å²) in [6, 6.07) is 19.5. The number of unbranched alkanes of at least 4 members (excludes halogenated alkanes) is 12. The van der Waals surface area contributed by atoms with E-state index >= 15 is 0 Å². The second-order valence-electron chi connectivity index (χ2n) is 17.0. The number of anilines is 1. The van der Waals surface area contributed by atoms with Gasteiger partial charge in [0.25, 0.3) is 0 Å². The number of hydrogen-bond acceptors (Lipinski definition) is 7. The number of nitrogens with zero attached hydrogens (tertiary/aromatic N) is 1. The van der Waals surface area contributed by atoms with Crippen molar-refractivity contribution in [3.8, 4) is 22.6 Å². The lowest BCUT2D eigenvalue weighted by Gasteiger charge is -2.32. The molecule has 0 radical (unpaired) electrons. The second kappa shape index (κ2) is 20.3. The van der Waals surface area contributed by atoms with Crippen molar-refractivity contribution in [1.29, 1.82) is 0 Å². The molecule has 0 bridgehead atoms. The van der Waals surface area contributed by atoms with E-state index in [0.717, 1.165) is 63.9 Å². The predicted octanol–water partition coefficient (Wildman–Crippen LogP) is 12.9. The number of ketones is 1. The summed E-state index contributed by atoms with van der Waals surface area (Å²) in [4.78, 5) is 32.3. The standard InChI is InChI=1S/C50H64N2O5/c1-6-7-8-9-10-11-12-13-14-15-16-17-18-21-38(53)34-36-24-26-39(27-25-36)56-49(54)48(57-50(3,4)5)44-35(2)52-42-23-20-19-22-40(42)46(44)41-28-29-43-45-37(31-33-55-43)30-32-51-47(41)45/h19-20,22-30,48,51H,6-18,21,31-34H2,1-5H3/t48-/m0/s1. The Hall–Kier alpha value is -4.49. The molecule has 0 unspecified atom stereocenters. The van der Waals surface area contributed by atoms with Crippen molar-refractivity contribution in [2.24, 2.45) is 0 Å². The van der Waals surface area contributed by atoms with Crippen molar-refractivity contribution in [2.45, 2.75) is 149 Å². The van der Waals surface area contributed by atoms with Crippen LogP contribution in [-0.2, 0) is 20.7 Å². The highest BCUT2D eigenvalue weighted by Gasteiger charge is 2.35. The molecule has 3 aromatic carbocycles. The van der Waals surface area contributed by atoms with Gasteiger partial charge >= 0.3 is 5.97 Å². The third-order valence-corrected chi connectivity index (χ3v) is 11.2. The van der Waals surface area contributed by atoms with E-state index < -0.39 is 17.7 Å². The van der Waals surface area contributed by atoms with Crippen LogP contribution in [-0.4, -0.2) is 35.5 Å². The Kier molecular flexibility index (Phi) is 15.0. The van der Waals surface area contributed by atoms with Crippen molar-refractivity contribution in [2.75, 3.05) is 18.5 Å². The summed E-state index contributed by atoms with van der Waals surface area (Å²) in [6.07, 6.45) is 19.8. The first-order chi connectivity index (χ1) is 27.6. The van der Waals surface area contributed by atoms with E-state index in [0.29, 0.717) is 43.0 Å². The quantitative estimate of drug-likeness (QED) is 0.0512. The SMILES string of the molecule is CCCCCCCCCCCCCCCC(=O)Cc1ccc(OC(=O)[C@@H](OC(C)(C)C)c2c(C)nc3ccccc3c2-c2ccc3c4c2NCC=C4CCO3)cc1. The van der Waals surface area contributed by atoms with Crippen molar-refractivity contribution < 1.29 is 23.8 Å². The highest BCUT2D eigenvalue weighted by atomic mass is 16.6. The van der Waals surface area contributed by atoms with E-state index in [4.69, 9.17) is 19.2 Å². The molecule has 3 heterocycles. The largest absolute Gasteiger partial charge is 0.493 e. The molecule has 2 aliphatic heterocycles. The Labute approximate surface area is 341 Å². The number of aromatic nitrogens is 1. The minimum absolute atomic E-state index is 0.248. The van der Waals surface area contributed by atoms with E-state index in [9.17, 15) is 9.59 Å². The molecule has 0 spiro atoms. The molecule has 0 amide bonds. The smallest absolute Gasteiger partial charge is 0.345 e. The number of rotatable bonds is 21. The van der Waals surface area contributed by atoms with Gasteiger partial charge in [-0.1, -0.05) is 120 Å². The lowest BCUT2D eigenvalue weighted by Crippen LogP contribution is -2.31. The number of ether oxygens (including phenoxy) is 3. The van der Waals surface area contributed by atoms with Crippen LogP contribution >= 0.6 is 0 Å². The van der Waals surface area contributed by atoms with E-state index in [1.54, 1.807) is 12.1 Å². The van der Waals surface area contributed by atoms with Crippen molar-refractivity contribution in [3.63, 3.8) is 0 Å². The zero-order valence-electron chi connectivity index (χ0n) is 35.1. The van der Waals surface area contributed by atoms with Gasteiger partial charge in [-0.05, 0) is 75.6 Å². The summed E-state index contributed by atoms with van der Waals surface area (Å²) >= 11 is 0. The van der Waals surface area contributed by atoms with Crippen LogP contribution in [0.2, 0.25) is 0 Å². The molecule has 7 nitrogen and oxygen atoms in total. The highest BCUT2D eigenvalue weighted by Crippen LogP contribution is 2.49. The molecule has 1 atom stereocenters. The number of aryl methyl sites for hydroxylation is 1. The fraction of sp³-hybridized carbons (Fsp3) is 0.500. The monoisotopic (exact) mass is 772 g/mol. The number of para-hydroxylation sites is 1. The third-order valence-electron chi connectivity index (χ3n) is 11.2. The summed E-state index contributed by atoms with van der Waals surface area (Å²) in [5.41, 5.74) is 7.64. The first-order valence-electron chi connectivity index (χ1n) is 21.8. The average molecular weight is 773 g/mol. The summed E-state index contributed by atoms with van der Waals surface area (Å²) < 4.78 is 18.8. The van der Waals surface area contributed by atoms with Gasteiger partial charge in [-0.15, -0.1) is 0 Å². The van der Waals surface area contributed by atoms with Crippen LogP contribution < -0.4 is 14.8 Å². The Morgan fingerprint density at radius 1 is 0.825 bits per heavy atom. The fourth-order valence-corrected chi connectivity index (χ4v) is 8.33. The minimum Gasteiger partial charge on any atom is -0.493 e. The summed E-state index contributed by atoms with van der Waals surface area (Å²) in [5.74, 6) is 0.988. The van der Waals surface area contributed by atoms with E-state index in [1.165, 1.54) is 76.2 Å². The maximum Gasteiger partial charge on any atom is 0.345 e. The molecule has 1 N–H and O–H groups in total. The minimum atomic E-state index is -1.07. The average Bonchev–Trinajstić information content (AvgIpc) is 3.19. The molecule has 0 saturated heterocycles. The molecule has 4 aromatic rings. The van der Waals surface area contributed by atoms with Gasteiger partial charge in [-0.25, -0.2) is 4.79 Å². The van der Waals surface area contributed by atoms with Gasteiger partial charge in [0.2, 0.25) is 0 Å². The number of fused-ring (bicyclic) bond motifs is 1. The normalized spacial score (nSPS) is 14.0. The van der Waals surface area contributed by atoms with Crippen LogP contribution in [0.3, 0.4) is 0 Å². The van der Waals surface area contributed by atoms with Gasteiger partial charge in [-0.2, -0.15) is 0 Å². The molecule has 57 heavy (non-hydrogen) atoms. The van der Waals surface area contributed by atoms with E-state index in [2.05, 4.69) is 30.4 Å². The van der Waals surface area contributed by atoms with Crippen molar-refractivity contribution in [1.82, 2.24) is 4.98 Å². The number of carbonyl (C=O) groups excluding carboxylic acids is 2. The number of hydrogen-bond donors (Lipinski definition) is 1. The number of carbonyl (C=O) groups is 2. The van der Waals surface area contributed by atoms with Gasteiger partial charge in [0.15, 0.2) is 6.10 Å². The van der Waals surface area contributed by atoms with Gasteiger partial charge < -0.3 is 19.5 Å². The maximum atomic E-state index is 14.4. The molecule has 1 aromatic heterocycles. The molecule has 304 valence electrons. The van der Waals surface area contributed by atoms with Crippen LogP contribution in [0.5, 0.6) is 11.5 Å². The first kappa shape index (κ1) is 42.1. The molecule has 2 aliphatic rings. The highest BCUT2D eigenvalue weighted by molar-refractivity contribution is 6.04. The number of esters is 1. The predicted molar refractivity (Wildman–Crippen MR) is 233 cm³/mol. The van der Waals surface area contributed by atoms with E-state index in [-0.39, 0.29) is 5.78 Å². The number of benzene rings is 3. The molecule has 0 fully saturated rings. The maximum absolute atomic E-state index is 14.4. The Morgan fingerprint density at radius 3 is 2.18 bits per heavy atom. The van der Waals surface area contributed by atoms with Gasteiger partial charge in [0.05, 0.1) is 23.4 Å². The van der Waals surface area contributed by atoms with Gasteiger partial charge in [-0.3, -0.25) is 9.78 Å². The molecule has 7 heteroatoms. The van der Waals surface area contributed by atoms with Gasteiger partial charge in [0, 0.05) is 59.1 Å². The van der Waals surface area contributed by atoms with Crippen LogP contribution in [0, 0.1) is 6.92 Å². The zero-order chi connectivity index (χ0) is 40.2. The molecular formula is C50H64N2O5. The van der Waals surface area contributed by atoms with Crippen molar-refractivity contribution in [3.05, 3.63) is 89.1 Å². The van der Waals surface area contributed by atoms with Crippen molar-refractivity contribution >= 4 is 33.9 Å². The van der Waals surface area contributed by atoms with Crippen LogP contribution in [0.4, 0.5) is 5.69 Å². The fourth-order valence-electron chi connectivity index (χ4n) is 8.33. The number of Topliss-reactive ketones (excluding diaryl/α,β-unsaturated/α-hetero) is 1. The Morgan fingerprint density at radius 2 is 1.49 bits per heavy atom. The molecule has 0 saturated carbocycles. The third kappa shape index (κ3) is 11.3. The van der Waals surface area contributed by atoms with E-state index in [1.807, 2.05) is 64.1 Å². The summed E-state index contributed by atoms with van der Waals surface area (Å²) in [7, 11) is 0. The topological polar surface area (TPSA) is 86.8 Å². The lowest BCUT2D eigenvalue weighted by atomic mass is 9.85. The zero-order valence-corrected chi connectivity index (χ0v) is 35.1. The van der Waals surface area contributed by atoms with Crippen LogP contribution in [0.1, 0.15) is 152 Å². The Balaban J connectivity index is 1.11. The first-order valence-corrected chi connectivity index (χ1v) is 21.8. The molecule has 6 rings (SSSR count). The van der Waals surface area contributed by atoms with Crippen LogP contribution in [0.25, 0.3) is 27.6 Å². The lowest BCUT2D eigenvalue weighted by molar-refractivity contribution is -0.157. The second-order valence-corrected chi connectivity index (χ2v) is 17.0. The summed E-state index contributed by atoms with van der Waals surface area (Å²) in [6.45, 7) is 11.4. The number of pyridine rings is 1. The molecular weight excluding hydrogens is 709 g/mol. The van der Waals surface area contributed by atoms with Gasteiger partial charge in [0.1, 0.15) is 17.3 Å². The Bertz CT molecular complexity index is 2010. The molecule has 0 aliphatic carbocycles. The van der Waals surface area contributed by atoms with Crippen LogP contribution in [0.15, 0.2) is 66.7 Å².